The average Bonchev–Trinajstić information content (AvgIpc) is 2.77. The number of hydrogen-bond donors (Lipinski definition) is 0. The van der Waals surface area contributed by atoms with Crippen molar-refractivity contribution in [1.29, 1.82) is 0 Å². The third kappa shape index (κ3) is 22.9. The fraction of sp³-hybridized carbons (Fsp3) is 0.111. The molecule has 0 N–H and O–H groups in total. The molecule has 16 heavy (non-hydrogen) atoms. The molecule has 0 aliphatic heterocycles. The summed E-state index contributed by atoms with van der Waals surface area (Å²) >= 11 is -0.222. The summed E-state index contributed by atoms with van der Waals surface area (Å²) in [6.07, 6.45) is -4.91. The summed E-state index contributed by atoms with van der Waals surface area (Å²) in [5.74, 6) is 0. The van der Waals surface area contributed by atoms with Crippen molar-refractivity contribution in [2.45, 2.75) is 6.18 Å². The van der Waals surface area contributed by atoms with E-state index in [1.54, 1.807) is 0 Å². The molecule has 0 aromatic heterocycles. The zero-order valence-corrected chi connectivity index (χ0v) is 8.70. The molecule has 0 bridgehead atoms. The molecule has 0 saturated carbocycles. The molecular formula is C9H5F3FeO3-2. The van der Waals surface area contributed by atoms with Crippen LogP contribution in [0.5, 0.6) is 0 Å². The van der Waals surface area contributed by atoms with Crippen LogP contribution < -0.4 is 0 Å². The minimum atomic E-state index is -4.76. The first-order valence-electron chi connectivity index (χ1n) is 3.45. The molecule has 0 aliphatic rings. The molecule has 0 spiro atoms. The second-order valence-electron chi connectivity index (χ2n) is 1.79. The quantitative estimate of drug-likeness (QED) is 0.528. The van der Waals surface area contributed by atoms with Gasteiger partial charge in [0.15, 0.2) is 0 Å². The van der Waals surface area contributed by atoms with E-state index in [0.29, 0.717) is 0 Å². The van der Waals surface area contributed by atoms with Crippen LogP contribution in [0.15, 0.2) is 30.3 Å². The predicted octanol–water partition coefficient (Wildman–Crippen LogP) is 1.27. The van der Waals surface area contributed by atoms with Gasteiger partial charge in [0.1, 0.15) is 0 Å². The van der Waals surface area contributed by atoms with Gasteiger partial charge in [-0.1, -0.05) is 0 Å². The summed E-state index contributed by atoms with van der Waals surface area (Å²) in [5.41, 5.74) is 0. The van der Waals surface area contributed by atoms with Gasteiger partial charge < -0.3 is 4.79 Å². The summed E-state index contributed by atoms with van der Waals surface area (Å²) in [7, 11) is 0. The van der Waals surface area contributed by atoms with E-state index >= 15 is 0 Å². The molecule has 90 valence electrons. The number of hydrogen-bond acceptors (Lipinski definition) is 3. The van der Waals surface area contributed by atoms with Crippen LogP contribution in [0.4, 0.5) is 13.2 Å². The fourth-order valence-electron chi connectivity index (χ4n) is 0.335. The van der Waals surface area contributed by atoms with Crippen molar-refractivity contribution in [3.63, 3.8) is 0 Å². The third-order valence-electron chi connectivity index (χ3n) is 0.743. The van der Waals surface area contributed by atoms with Crippen LogP contribution in [0.1, 0.15) is 0 Å². The Hall–Kier alpha value is -1.51. The first-order valence-corrected chi connectivity index (χ1v) is 4.55. The third-order valence-corrected chi connectivity index (χ3v) is 0.969. The zero-order chi connectivity index (χ0) is 12.9. The van der Waals surface area contributed by atoms with E-state index in [9.17, 15) is 13.2 Å². The molecule has 3 nitrogen and oxygen atoms in total. The van der Waals surface area contributed by atoms with Crippen molar-refractivity contribution < 1.29 is 41.6 Å². The van der Waals surface area contributed by atoms with Crippen LogP contribution >= 0.6 is 0 Å². The first-order chi connectivity index (χ1) is 7.47. The Bertz CT molecular complexity index is 338. The van der Waals surface area contributed by atoms with E-state index in [0.717, 1.165) is 0 Å². The van der Waals surface area contributed by atoms with E-state index in [4.69, 9.17) is 14.4 Å². The van der Waals surface area contributed by atoms with Crippen molar-refractivity contribution in [3.05, 3.63) is 30.3 Å². The van der Waals surface area contributed by atoms with Crippen LogP contribution in [0.2, 0.25) is 0 Å². The number of carbonyl (C=O) groups excluding carboxylic acids is 3. The normalized spacial score (nSPS) is 8.19. The minimum Gasteiger partial charge on any atom is -0.214 e. The average molecular weight is 274 g/mol. The molecule has 0 amide bonds. The van der Waals surface area contributed by atoms with Gasteiger partial charge >= 0.3 is 33.2 Å². The van der Waals surface area contributed by atoms with Gasteiger partial charge in [-0.15, -0.1) is 0 Å². The van der Waals surface area contributed by atoms with Crippen LogP contribution in [0, 0.1) is 0 Å². The Morgan fingerprint density at radius 1 is 1.12 bits per heavy atom. The van der Waals surface area contributed by atoms with Crippen LogP contribution in [0.3, 0.4) is 0 Å². The molecule has 0 radical (unpaired) electrons. The number of rotatable bonds is 0. The second-order valence-corrected chi connectivity index (χ2v) is 2.52. The predicted molar refractivity (Wildman–Crippen MR) is 45.2 cm³/mol. The van der Waals surface area contributed by atoms with E-state index in [1.807, 2.05) is 30.3 Å². The Labute approximate surface area is 94.5 Å². The summed E-state index contributed by atoms with van der Waals surface area (Å²) in [6.45, 7) is 0. The van der Waals surface area contributed by atoms with Gasteiger partial charge in [-0.25, -0.2) is 25.3 Å². The summed E-state index contributed by atoms with van der Waals surface area (Å²) in [4.78, 5) is 29.3. The van der Waals surface area contributed by atoms with Gasteiger partial charge in [-0.05, 0) is 0 Å². The molecule has 1 aromatic rings. The molecule has 0 heterocycles. The van der Waals surface area contributed by atoms with Crippen molar-refractivity contribution in [2.24, 2.45) is 0 Å². The molecule has 0 aliphatic carbocycles. The first kappa shape index (κ1) is 16.9. The van der Waals surface area contributed by atoms with Gasteiger partial charge in [-0.2, -0.15) is 24.5 Å². The fourth-order valence-corrected chi connectivity index (χ4v) is 0.381. The Kier molecular flexibility index (Phi) is 12.2. The van der Waals surface area contributed by atoms with Crippen molar-refractivity contribution in [2.75, 3.05) is 0 Å². The Morgan fingerprint density at radius 2 is 1.50 bits per heavy atom. The molecule has 1 rings (SSSR count). The molecule has 0 fully saturated rings. The smallest absolute Gasteiger partial charge is 0.172 e. The van der Waals surface area contributed by atoms with Gasteiger partial charge in [0.2, 0.25) is 0 Å². The molecular weight excluding hydrogens is 269 g/mol. The van der Waals surface area contributed by atoms with Crippen LogP contribution in [0.25, 0.3) is 0 Å². The van der Waals surface area contributed by atoms with Crippen LogP contribution in [-0.4, -0.2) is 22.0 Å². The maximum Gasteiger partial charge on any atom is -0.172 e. The molecule has 0 atom stereocenters. The standard InChI is InChI=1S/C5H5.C2F3O.2CO.Fe/c1-2-4-5-3-1;3-2(4,5)1-6;2*1-2;/h1-5H;;;;/q2*-1;;;. The Morgan fingerprint density at radius 3 is 1.56 bits per heavy atom. The van der Waals surface area contributed by atoms with Gasteiger partial charge in [0.25, 0.3) is 6.18 Å². The van der Waals surface area contributed by atoms with Gasteiger partial charge in [0.05, 0.1) is 0 Å². The van der Waals surface area contributed by atoms with Crippen LogP contribution in [-0.2, 0) is 28.5 Å². The van der Waals surface area contributed by atoms with Crippen molar-refractivity contribution >= 4 is 15.9 Å². The molecule has 0 unspecified atom stereocenters. The second kappa shape index (κ2) is 11.6. The van der Waals surface area contributed by atoms with E-state index < -0.39 is 6.18 Å². The largest absolute Gasteiger partial charge is 0.214 e. The summed E-state index contributed by atoms with van der Waals surface area (Å²) in [5, 5.41) is 0. The number of halogens is 3. The molecule has 1 aromatic carbocycles. The topological polar surface area (TPSA) is 51.2 Å². The summed E-state index contributed by atoms with van der Waals surface area (Å²) in [6, 6.07) is 10.0. The van der Waals surface area contributed by atoms with E-state index in [-0.39, 0.29) is 20.4 Å². The Balaban J connectivity index is 0. The maximum absolute atomic E-state index is 10.4. The SMILES string of the molecule is O=[C-]C(F)(F)F.O=[C]=[Fe]=[C]=O.c1cc[cH-]c1. The van der Waals surface area contributed by atoms with Gasteiger partial charge in [-0.3, -0.25) is 0 Å². The molecule has 0 saturated heterocycles. The molecule has 7 heteroatoms. The maximum atomic E-state index is 10.4. The monoisotopic (exact) mass is 274 g/mol. The van der Waals surface area contributed by atoms with Crippen molar-refractivity contribution in [1.82, 2.24) is 0 Å². The van der Waals surface area contributed by atoms with Crippen molar-refractivity contribution in [3.8, 4) is 0 Å². The number of alkyl halides is 3. The van der Waals surface area contributed by atoms with E-state index in [1.165, 1.54) is 9.57 Å². The minimum absolute atomic E-state index is 0.146. The van der Waals surface area contributed by atoms with E-state index in [2.05, 4.69) is 0 Å². The van der Waals surface area contributed by atoms with Gasteiger partial charge in [0, 0.05) is 0 Å². The zero-order valence-electron chi connectivity index (χ0n) is 7.60. The summed E-state index contributed by atoms with van der Waals surface area (Å²) < 4.78 is 31.1.